The molecule has 2 aromatic rings. The summed E-state index contributed by atoms with van der Waals surface area (Å²) in [5.74, 6) is 0.787. The molecule has 1 atom stereocenters. The lowest BCUT2D eigenvalue weighted by molar-refractivity contribution is 0.434. The minimum atomic E-state index is -3.49. The summed E-state index contributed by atoms with van der Waals surface area (Å²) in [4.78, 5) is 4.41. The topological polar surface area (TPSA) is 50.3 Å². The fraction of sp³-hybridized carbons (Fsp3) is 0.214. The predicted octanol–water partition coefficient (Wildman–Crippen LogP) is 3.28. The van der Waals surface area contributed by atoms with Gasteiger partial charge in [0.1, 0.15) is 0 Å². The Morgan fingerprint density at radius 2 is 2.00 bits per heavy atom. The summed E-state index contributed by atoms with van der Waals surface area (Å²) in [5.41, 5.74) is 0.917. The summed E-state index contributed by atoms with van der Waals surface area (Å²) in [6.45, 7) is 0.516. The van der Waals surface area contributed by atoms with Gasteiger partial charge < -0.3 is 0 Å². The van der Waals surface area contributed by atoms with Crippen LogP contribution in [-0.4, -0.2) is 30.0 Å². The second-order valence-electron chi connectivity index (χ2n) is 4.58. The first-order valence-corrected chi connectivity index (χ1v) is 9.66. The van der Waals surface area contributed by atoms with Crippen molar-refractivity contribution in [3.8, 4) is 0 Å². The molecule has 21 heavy (non-hydrogen) atoms. The number of pyridine rings is 1. The monoisotopic (exact) mass is 384 g/mol. The quantitative estimate of drug-likeness (QED) is 0.814. The van der Waals surface area contributed by atoms with Crippen molar-refractivity contribution in [3.05, 3.63) is 58.8 Å². The molecule has 1 fully saturated rings. The maximum atomic E-state index is 12.8. The van der Waals surface area contributed by atoms with Gasteiger partial charge in [-0.3, -0.25) is 4.98 Å². The second-order valence-corrected chi connectivity index (χ2v) is 8.57. The second kappa shape index (κ2) is 6.08. The van der Waals surface area contributed by atoms with E-state index in [9.17, 15) is 8.42 Å². The number of rotatable bonds is 3. The van der Waals surface area contributed by atoms with E-state index >= 15 is 0 Å². The Bertz CT molecular complexity index is 720. The zero-order chi connectivity index (χ0) is 14.9. The third-order valence-electron chi connectivity index (χ3n) is 3.24. The van der Waals surface area contributed by atoms with Crippen molar-refractivity contribution in [2.75, 3.05) is 12.3 Å². The molecule has 1 aliphatic heterocycles. The van der Waals surface area contributed by atoms with Gasteiger partial charge in [-0.1, -0.05) is 22.0 Å². The average molecular weight is 385 g/mol. The van der Waals surface area contributed by atoms with Crippen molar-refractivity contribution < 1.29 is 8.42 Å². The van der Waals surface area contributed by atoms with Gasteiger partial charge in [0.05, 0.1) is 10.3 Å². The van der Waals surface area contributed by atoms with Gasteiger partial charge in [0, 0.05) is 29.2 Å². The molecule has 1 aliphatic rings. The van der Waals surface area contributed by atoms with Crippen LogP contribution in [0.4, 0.5) is 0 Å². The Hall–Kier alpha value is -0.890. The fourth-order valence-electron chi connectivity index (χ4n) is 2.23. The minimum absolute atomic E-state index is 0.202. The molecule has 1 aromatic heterocycles. The first-order chi connectivity index (χ1) is 10.1. The van der Waals surface area contributed by atoms with Crippen molar-refractivity contribution >= 4 is 37.7 Å². The molecule has 0 bridgehead atoms. The van der Waals surface area contributed by atoms with Crippen molar-refractivity contribution in [2.45, 2.75) is 10.3 Å². The van der Waals surface area contributed by atoms with Gasteiger partial charge in [-0.15, -0.1) is 11.8 Å². The highest BCUT2D eigenvalue weighted by Crippen LogP contribution is 2.41. The van der Waals surface area contributed by atoms with Crippen molar-refractivity contribution in [1.82, 2.24) is 9.29 Å². The van der Waals surface area contributed by atoms with Crippen LogP contribution in [0.2, 0.25) is 0 Å². The van der Waals surface area contributed by atoms with Crippen LogP contribution in [0.3, 0.4) is 0 Å². The third-order valence-corrected chi connectivity index (χ3v) is 7.04. The molecule has 0 unspecified atom stereocenters. The van der Waals surface area contributed by atoms with Gasteiger partial charge in [-0.05, 0) is 35.9 Å². The normalized spacial score (nSPS) is 19.8. The average Bonchev–Trinajstić information content (AvgIpc) is 2.99. The highest BCUT2D eigenvalue weighted by Gasteiger charge is 2.36. The van der Waals surface area contributed by atoms with Crippen LogP contribution in [0.25, 0.3) is 0 Å². The number of benzene rings is 1. The summed E-state index contributed by atoms with van der Waals surface area (Å²) in [6.07, 6.45) is 3.42. The van der Waals surface area contributed by atoms with E-state index in [0.29, 0.717) is 11.4 Å². The number of nitrogens with zero attached hydrogens (tertiary/aromatic N) is 2. The summed E-state index contributed by atoms with van der Waals surface area (Å²) >= 11 is 4.95. The van der Waals surface area contributed by atoms with Gasteiger partial charge in [0.2, 0.25) is 10.0 Å². The molecular formula is C14H13BrN2O2S2. The van der Waals surface area contributed by atoms with E-state index < -0.39 is 10.0 Å². The van der Waals surface area contributed by atoms with E-state index in [4.69, 9.17) is 0 Å². The lowest BCUT2D eigenvalue weighted by Gasteiger charge is -2.23. The van der Waals surface area contributed by atoms with Crippen LogP contribution >= 0.6 is 27.7 Å². The third kappa shape index (κ3) is 3.01. The molecule has 0 radical (unpaired) electrons. The Morgan fingerprint density at radius 1 is 1.24 bits per heavy atom. The van der Waals surface area contributed by atoms with Crippen molar-refractivity contribution in [2.24, 2.45) is 0 Å². The van der Waals surface area contributed by atoms with Crippen LogP contribution in [0, 0.1) is 0 Å². The van der Waals surface area contributed by atoms with Crippen molar-refractivity contribution in [1.29, 1.82) is 0 Å². The zero-order valence-electron chi connectivity index (χ0n) is 11.0. The van der Waals surface area contributed by atoms with Crippen LogP contribution < -0.4 is 0 Å². The molecule has 3 rings (SSSR count). The molecule has 0 aliphatic carbocycles. The number of aromatic nitrogens is 1. The smallest absolute Gasteiger partial charge is 0.244 e. The minimum Gasteiger partial charge on any atom is -0.264 e. The van der Waals surface area contributed by atoms with E-state index in [1.165, 1.54) is 0 Å². The van der Waals surface area contributed by atoms with Crippen LogP contribution in [0.5, 0.6) is 0 Å². The Balaban J connectivity index is 1.96. The number of hydrogen-bond acceptors (Lipinski definition) is 4. The molecule has 7 heteroatoms. The number of halogens is 1. The maximum Gasteiger partial charge on any atom is 0.244 e. The van der Waals surface area contributed by atoms with E-state index in [1.807, 2.05) is 12.1 Å². The van der Waals surface area contributed by atoms with Crippen LogP contribution in [0.15, 0.2) is 58.2 Å². The van der Waals surface area contributed by atoms with Crippen molar-refractivity contribution in [3.63, 3.8) is 0 Å². The molecule has 1 saturated heterocycles. The first-order valence-electron chi connectivity index (χ1n) is 6.38. The Kier molecular flexibility index (Phi) is 4.35. The molecule has 4 nitrogen and oxygen atoms in total. The molecule has 0 spiro atoms. The molecule has 110 valence electrons. The fourth-order valence-corrected chi connectivity index (χ4v) is 5.71. The van der Waals surface area contributed by atoms with E-state index in [1.54, 1.807) is 52.7 Å². The lowest BCUT2D eigenvalue weighted by atomic mass is 10.3. The molecule has 1 aromatic carbocycles. The Labute approximate surface area is 136 Å². The summed E-state index contributed by atoms with van der Waals surface area (Å²) in [7, 11) is -3.49. The summed E-state index contributed by atoms with van der Waals surface area (Å²) in [6, 6.07) is 10.5. The zero-order valence-corrected chi connectivity index (χ0v) is 14.2. The molecule has 0 saturated carbocycles. The SMILES string of the molecule is O=S(=O)(c1ccc(Br)cc1)N1CCS[C@@H]1c1cccnc1. The van der Waals surface area contributed by atoms with E-state index in [-0.39, 0.29) is 5.37 Å². The molecular weight excluding hydrogens is 372 g/mol. The summed E-state index contributed by atoms with van der Waals surface area (Å²) in [5, 5.41) is -0.202. The Morgan fingerprint density at radius 3 is 2.67 bits per heavy atom. The summed E-state index contributed by atoms with van der Waals surface area (Å²) < 4.78 is 28.0. The lowest BCUT2D eigenvalue weighted by Crippen LogP contribution is -2.30. The predicted molar refractivity (Wildman–Crippen MR) is 87.5 cm³/mol. The molecule has 2 heterocycles. The highest BCUT2D eigenvalue weighted by atomic mass is 79.9. The van der Waals surface area contributed by atoms with E-state index in [0.717, 1.165) is 15.8 Å². The number of thioether (sulfide) groups is 1. The standard InChI is InChI=1S/C14H13BrN2O2S2/c15-12-3-5-13(6-4-12)21(18,19)17-8-9-20-14(17)11-2-1-7-16-10-11/h1-7,10,14H,8-9H2/t14-/m1/s1. The van der Waals surface area contributed by atoms with Gasteiger partial charge in [-0.2, -0.15) is 4.31 Å². The van der Waals surface area contributed by atoms with Crippen LogP contribution in [0.1, 0.15) is 10.9 Å². The molecule has 0 amide bonds. The number of sulfonamides is 1. The van der Waals surface area contributed by atoms with Gasteiger partial charge >= 0.3 is 0 Å². The first kappa shape index (κ1) is 15.0. The van der Waals surface area contributed by atoms with Gasteiger partial charge in [0.25, 0.3) is 0 Å². The van der Waals surface area contributed by atoms with Crippen LogP contribution in [-0.2, 0) is 10.0 Å². The molecule has 0 N–H and O–H groups in total. The van der Waals surface area contributed by atoms with Gasteiger partial charge in [-0.25, -0.2) is 8.42 Å². The largest absolute Gasteiger partial charge is 0.264 e. The highest BCUT2D eigenvalue weighted by molar-refractivity contribution is 9.10. The maximum absolute atomic E-state index is 12.8. The van der Waals surface area contributed by atoms with Gasteiger partial charge in [0.15, 0.2) is 0 Å². The van der Waals surface area contributed by atoms with E-state index in [2.05, 4.69) is 20.9 Å². The number of hydrogen-bond donors (Lipinski definition) is 0.